The molecule has 0 aliphatic carbocycles. The maximum Gasteiger partial charge on any atom is 0.331 e. The molecule has 0 amide bonds. The molecule has 4 rings (SSSR count). The van der Waals surface area contributed by atoms with E-state index in [2.05, 4.69) is 20.2 Å². The number of nitrogens with one attached hydrogen (secondary N) is 1. The third-order valence-corrected chi connectivity index (χ3v) is 6.05. The summed E-state index contributed by atoms with van der Waals surface area (Å²) in [5.74, 6) is -0.171. The van der Waals surface area contributed by atoms with Gasteiger partial charge < -0.3 is 15.2 Å². The molecule has 3 aliphatic heterocycles. The van der Waals surface area contributed by atoms with Gasteiger partial charge in [0, 0.05) is 31.2 Å². The van der Waals surface area contributed by atoms with E-state index in [4.69, 9.17) is 9.84 Å². The molecule has 3 fully saturated rings. The molecular weight excluding hydrogens is 344 g/mol. The summed E-state index contributed by atoms with van der Waals surface area (Å²) < 4.78 is 6.21. The van der Waals surface area contributed by atoms with Gasteiger partial charge in [-0.25, -0.2) is 9.78 Å². The van der Waals surface area contributed by atoms with Crippen LogP contribution < -0.4 is 5.32 Å². The van der Waals surface area contributed by atoms with Crippen LogP contribution in [-0.2, 0) is 9.53 Å². The van der Waals surface area contributed by atoms with Crippen molar-refractivity contribution in [3.63, 3.8) is 0 Å². The largest absolute Gasteiger partial charge is 0.478 e. The molecule has 146 valence electrons. The Bertz CT molecular complexity index is 710. The van der Waals surface area contributed by atoms with Gasteiger partial charge in [-0.1, -0.05) is 6.92 Å². The number of fused-ring (bicyclic) bond motifs is 2. The number of aliphatic carboxylic acids is 1. The third kappa shape index (κ3) is 4.14. The maximum absolute atomic E-state index is 11.1. The van der Waals surface area contributed by atoms with Crippen molar-refractivity contribution in [1.82, 2.24) is 14.9 Å². The molecule has 0 radical (unpaired) electrons. The number of nitrogens with zero attached hydrogens (tertiary/aromatic N) is 3. The van der Waals surface area contributed by atoms with E-state index in [1.54, 1.807) is 18.5 Å². The quantitative estimate of drug-likeness (QED) is 0.711. The third-order valence-electron chi connectivity index (χ3n) is 6.05. The molecule has 0 aromatic carbocycles. The molecule has 0 unspecified atom stereocenters. The number of anilines is 1. The van der Waals surface area contributed by atoms with E-state index in [1.807, 2.05) is 6.92 Å². The summed E-state index contributed by atoms with van der Waals surface area (Å²) in [7, 11) is 0. The monoisotopic (exact) mass is 372 g/mol. The fraction of sp³-hybridized carbons (Fsp3) is 0.650. The molecule has 1 aromatic rings. The molecule has 7 nitrogen and oxygen atoms in total. The summed E-state index contributed by atoms with van der Waals surface area (Å²) in [6.07, 6.45) is 11.8. The lowest BCUT2D eigenvalue weighted by Crippen LogP contribution is -2.41. The number of hydrogen-bond donors (Lipinski definition) is 2. The number of aromatic nitrogens is 2. The van der Waals surface area contributed by atoms with E-state index >= 15 is 0 Å². The Morgan fingerprint density at radius 1 is 1.37 bits per heavy atom. The molecular formula is C20H28N4O3. The molecule has 0 spiro atoms. The number of rotatable bonds is 7. The SMILES string of the molecule is CCC(=Cc1cnc(N[C@@H]2CCN(CC34CCC(CC3)O4)C2)cn1)C(=O)O. The number of likely N-dealkylation sites (tertiary alicyclic amines) is 1. The van der Waals surface area contributed by atoms with Gasteiger partial charge in [-0.3, -0.25) is 9.88 Å². The first kappa shape index (κ1) is 18.4. The molecule has 2 bridgehead atoms. The highest BCUT2D eigenvalue weighted by Gasteiger charge is 2.47. The summed E-state index contributed by atoms with van der Waals surface area (Å²) >= 11 is 0. The van der Waals surface area contributed by atoms with Crippen molar-refractivity contribution < 1.29 is 14.6 Å². The van der Waals surface area contributed by atoms with Gasteiger partial charge in [0.2, 0.25) is 0 Å². The summed E-state index contributed by atoms with van der Waals surface area (Å²) in [6.45, 7) is 4.95. The molecule has 7 heteroatoms. The van der Waals surface area contributed by atoms with Crippen LogP contribution in [0.1, 0.15) is 51.1 Å². The van der Waals surface area contributed by atoms with Crippen LogP contribution in [0.25, 0.3) is 6.08 Å². The van der Waals surface area contributed by atoms with E-state index in [-0.39, 0.29) is 5.60 Å². The Morgan fingerprint density at radius 3 is 2.78 bits per heavy atom. The smallest absolute Gasteiger partial charge is 0.331 e. The summed E-state index contributed by atoms with van der Waals surface area (Å²) in [4.78, 5) is 22.3. The zero-order valence-electron chi connectivity index (χ0n) is 15.9. The van der Waals surface area contributed by atoms with Gasteiger partial charge in [0.25, 0.3) is 0 Å². The second kappa shape index (κ2) is 7.56. The van der Waals surface area contributed by atoms with Crippen molar-refractivity contribution in [2.75, 3.05) is 25.0 Å². The van der Waals surface area contributed by atoms with Crippen LogP contribution in [0.2, 0.25) is 0 Å². The van der Waals surface area contributed by atoms with Crippen LogP contribution in [0, 0.1) is 0 Å². The Morgan fingerprint density at radius 2 is 2.19 bits per heavy atom. The number of ether oxygens (including phenoxy) is 1. The lowest BCUT2D eigenvalue weighted by molar-refractivity contribution is -0.132. The second-order valence-electron chi connectivity index (χ2n) is 8.02. The van der Waals surface area contributed by atoms with Crippen molar-refractivity contribution in [3.8, 4) is 0 Å². The molecule has 1 atom stereocenters. The van der Waals surface area contributed by atoms with Crippen LogP contribution in [0.3, 0.4) is 0 Å². The minimum atomic E-state index is -0.910. The summed E-state index contributed by atoms with van der Waals surface area (Å²) in [5.41, 5.74) is 1.02. The van der Waals surface area contributed by atoms with Crippen LogP contribution in [0.5, 0.6) is 0 Å². The molecule has 27 heavy (non-hydrogen) atoms. The van der Waals surface area contributed by atoms with E-state index < -0.39 is 5.97 Å². The van der Waals surface area contributed by atoms with Gasteiger partial charge in [0.15, 0.2) is 0 Å². The molecule has 3 aliphatic rings. The topological polar surface area (TPSA) is 87.6 Å². The van der Waals surface area contributed by atoms with Crippen molar-refractivity contribution in [2.24, 2.45) is 0 Å². The van der Waals surface area contributed by atoms with Crippen LogP contribution in [0.4, 0.5) is 5.82 Å². The number of carboxylic acids is 1. The average molecular weight is 372 g/mol. The second-order valence-corrected chi connectivity index (χ2v) is 8.02. The summed E-state index contributed by atoms with van der Waals surface area (Å²) in [6, 6.07) is 0.362. The summed E-state index contributed by atoms with van der Waals surface area (Å²) in [5, 5.41) is 12.6. The van der Waals surface area contributed by atoms with Crippen LogP contribution >= 0.6 is 0 Å². The van der Waals surface area contributed by atoms with Gasteiger partial charge in [0.1, 0.15) is 5.82 Å². The minimum absolute atomic E-state index is 0.120. The van der Waals surface area contributed by atoms with Crippen molar-refractivity contribution in [1.29, 1.82) is 0 Å². The highest BCUT2D eigenvalue weighted by Crippen LogP contribution is 2.44. The van der Waals surface area contributed by atoms with Crippen molar-refractivity contribution in [2.45, 2.75) is 63.2 Å². The molecule has 2 N–H and O–H groups in total. The molecule has 4 heterocycles. The standard InChI is InChI=1S/C20H28N4O3/c1-2-14(19(25)26)9-16-10-22-18(11-21-16)23-15-5-8-24(12-15)13-20-6-3-17(27-20)4-7-20/h9-11,15,17H,2-8,12-13H2,1H3,(H,22,23)(H,25,26)/t15-,17?,20?/m1/s1. The van der Waals surface area contributed by atoms with Gasteiger partial charge in [-0.2, -0.15) is 0 Å². The Balaban J connectivity index is 1.30. The predicted octanol–water partition coefficient (Wildman–Crippen LogP) is 2.55. The zero-order valence-corrected chi connectivity index (χ0v) is 15.9. The normalized spacial score (nSPS) is 30.8. The van der Waals surface area contributed by atoms with Crippen molar-refractivity contribution >= 4 is 17.9 Å². The van der Waals surface area contributed by atoms with Gasteiger partial charge >= 0.3 is 5.97 Å². The Hall–Kier alpha value is -1.99. The lowest BCUT2D eigenvalue weighted by atomic mass is 9.88. The van der Waals surface area contributed by atoms with Crippen molar-refractivity contribution in [3.05, 3.63) is 23.7 Å². The predicted molar refractivity (Wildman–Crippen MR) is 102 cm³/mol. The fourth-order valence-corrected chi connectivity index (χ4v) is 4.59. The van der Waals surface area contributed by atoms with Gasteiger partial charge in [-0.15, -0.1) is 0 Å². The van der Waals surface area contributed by atoms with Crippen LogP contribution in [-0.4, -0.2) is 63.3 Å². The lowest BCUT2D eigenvalue weighted by Gasteiger charge is -2.30. The van der Waals surface area contributed by atoms with Crippen LogP contribution in [0.15, 0.2) is 18.0 Å². The van der Waals surface area contributed by atoms with E-state index in [1.165, 1.54) is 25.7 Å². The number of carbonyl (C=O) groups is 1. The Labute approximate surface area is 159 Å². The first-order chi connectivity index (χ1) is 13.0. The van der Waals surface area contributed by atoms with E-state index in [9.17, 15) is 4.79 Å². The van der Waals surface area contributed by atoms with Gasteiger partial charge in [0.05, 0.1) is 29.8 Å². The Kier molecular flexibility index (Phi) is 5.14. The zero-order chi connectivity index (χ0) is 18.9. The van der Waals surface area contributed by atoms with E-state index in [0.717, 1.165) is 31.9 Å². The highest BCUT2D eigenvalue weighted by atomic mass is 16.5. The highest BCUT2D eigenvalue weighted by molar-refractivity contribution is 5.91. The number of carboxylic acid groups (broad SMARTS) is 1. The van der Waals surface area contributed by atoms with Gasteiger partial charge in [-0.05, 0) is 44.6 Å². The van der Waals surface area contributed by atoms with E-state index in [0.29, 0.717) is 29.8 Å². The molecule has 0 saturated carbocycles. The molecule has 1 aromatic heterocycles. The number of hydrogen-bond acceptors (Lipinski definition) is 6. The first-order valence-electron chi connectivity index (χ1n) is 9.98. The molecule has 3 saturated heterocycles. The fourth-order valence-electron chi connectivity index (χ4n) is 4.59. The first-order valence-corrected chi connectivity index (χ1v) is 9.98. The average Bonchev–Trinajstić information content (AvgIpc) is 3.37. The maximum atomic E-state index is 11.1. The minimum Gasteiger partial charge on any atom is -0.478 e.